The van der Waals surface area contributed by atoms with Gasteiger partial charge in [0.15, 0.2) is 11.5 Å². The minimum absolute atomic E-state index is 0.293. The highest BCUT2D eigenvalue weighted by molar-refractivity contribution is 8.18. The molecule has 3 amide bonds. The average Bonchev–Trinajstić information content (AvgIpc) is 3.53. The van der Waals surface area contributed by atoms with Crippen molar-refractivity contribution in [3.05, 3.63) is 51.1 Å². The quantitative estimate of drug-likeness (QED) is 0.661. The van der Waals surface area contributed by atoms with E-state index in [4.69, 9.17) is 9.47 Å². The Labute approximate surface area is 193 Å². The average molecular weight is 471 g/mol. The van der Waals surface area contributed by atoms with Crippen molar-refractivity contribution in [2.24, 2.45) is 0 Å². The number of benzene rings is 1. The Kier molecular flexibility index (Phi) is 5.69. The van der Waals surface area contributed by atoms with Gasteiger partial charge in [0, 0.05) is 4.88 Å². The molecule has 1 N–H and O–H groups in total. The number of amides is 3. The molecule has 166 valence electrons. The molecule has 5 rings (SSSR count). The van der Waals surface area contributed by atoms with E-state index >= 15 is 0 Å². The third-order valence-corrected chi connectivity index (χ3v) is 7.65. The number of fused-ring (bicyclic) bond motifs is 1. The van der Waals surface area contributed by atoms with Crippen molar-refractivity contribution in [3.8, 4) is 11.5 Å². The lowest BCUT2D eigenvalue weighted by molar-refractivity contribution is -0.130. The molecule has 0 atom stereocenters. The molecule has 0 spiro atoms. The Bertz CT molecular complexity index is 1090. The molecule has 3 heterocycles. The number of rotatable bonds is 5. The zero-order chi connectivity index (χ0) is 22.1. The van der Waals surface area contributed by atoms with Crippen molar-refractivity contribution in [1.82, 2.24) is 10.2 Å². The standard InChI is InChI=1S/C23H22N2O5S2/c26-20(14-25-21(27)19(32-22(25)28)13-16-4-3-11-31-16)24-23(7-1-2-8-23)15-5-6-17-18(12-15)30-10-9-29-17/h3-6,11-13H,1-2,7-10,14H2,(H,24,26)/b19-13-. The van der Waals surface area contributed by atoms with E-state index in [-0.39, 0.29) is 12.5 Å². The normalized spacial score (nSPS) is 20.8. The molecule has 3 aliphatic rings. The topological polar surface area (TPSA) is 84.9 Å². The summed E-state index contributed by atoms with van der Waals surface area (Å²) in [5.74, 6) is 0.610. The fourth-order valence-corrected chi connectivity index (χ4v) is 5.96. The van der Waals surface area contributed by atoms with Gasteiger partial charge in [-0.1, -0.05) is 25.0 Å². The molecule has 1 aliphatic carbocycles. The zero-order valence-corrected chi connectivity index (χ0v) is 18.9. The first kappa shape index (κ1) is 21.1. The largest absolute Gasteiger partial charge is 0.486 e. The summed E-state index contributed by atoms with van der Waals surface area (Å²) in [7, 11) is 0. The number of thioether (sulfide) groups is 1. The molecule has 1 saturated carbocycles. The molecule has 1 saturated heterocycles. The van der Waals surface area contributed by atoms with Crippen LogP contribution in [0.4, 0.5) is 4.79 Å². The molecule has 1 aromatic carbocycles. The highest BCUT2D eigenvalue weighted by atomic mass is 32.2. The predicted octanol–water partition coefficient (Wildman–Crippen LogP) is 4.14. The Balaban J connectivity index is 1.32. The van der Waals surface area contributed by atoms with Gasteiger partial charge in [-0.15, -0.1) is 11.3 Å². The van der Waals surface area contributed by atoms with Gasteiger partial charge in [0.25, 0.3) is 11.1 Å². The molecule has 2 aromatic rings. The molecule has 0 bridgehead atoms. The van der Waals surface area contributed by atoms with Gasteiger partial charge < -0.3 is 14.8 Å². The monoisotopic (exact) mass is 470 g/mol. The molecule has 7 nitrogen and oxygen atoms in total. The first-order valence-corrected chi connectivity index (χ1v) is 12.2. The van der Waals surface area contributed by atoms with E-state index < -0.39 is 16.7 Å². The van der Waals surface area contributed by atoms with Gasteiger partial charge in [-0.25, -0.2) is 0 Å². The second kappa shape index (κ2) is 8.63. The van der Waals surface area contributed by atoms with E-state index in [9.17, 15) is 14.4 Å². The van der Waals surface area contributed by atoms with Crippen molar-refractivity contribution < 1.29 is 23.9 Å². The number of carbonyl (C=O) groups is 3. The molecule has 0 radical (unpaired) electrons. The Morgan fingerprint density at radius 1 is 1.12 bits per heavy atom. The summed E-state index contributed by atoms with van der Waals surface area (Å²) in [6.45, 7) is 0.722. The fraction of sp³-hybridized carbons (Fsp3) is 0.348. The van der Waals surface area contributed by atoms with E-state index in [2.05, 4.69) is 5.32 Å². The molecular weight excluding hydrogens is 448 g/mol. The number of ether oxygens (including phenoxy) is 2. The number of nitrogens with one attached hydrogen (secondary N) is 1. The molecule has 1 aromatic heterocycles. The molecule has 0 unspecified atom stereocenters. The van der Waals surface area contributed by atoms with Crippen molar-refractivity contribution in [3.63, 3.8) is 0 Å². The highest BCUT2D eigenvalue weighted by Crippen LogP contribution is 2.42. The third kappa shape index (κ3) is 4.02. The van der Waals surface area contributed by atoms with Crippen LogP contribution in [0.15, 0.2) is 40.6 Å². The zero-order valence-electron chi connectivity index (χ0n) is 17.3. The van der Waals surface area contributed by atoms with Crippen LogP contribution in [-0.4, -0.2) is 41.7 Å². The van der Waals surface area contributed by atoms with Gasteiger partial charge in [0.2, 0.25) is 5.91 Å². The van der Waals surface area contributed by atoms with Crippen molar-refractivity contribution >= 4 is 46.2 Å². The smallest absolute Gasteiger partial charge is 0.294 e. The Morgan fingerprint density at radius 3 is 2.66 bits per heavy atom. The van der Waals surface area contributed by atoms with Gasteiger partial charge >= 0.3 is 0 Å². The number of thiophene rings is 1. The summed E-state index contributed by atoms with van der Waals surface area (Å²) in [6, 6.07) is 9.53. The lowest BCUT2D eigenvalue weighted by Crippen LogP contribution is -2.48. The number of hydrogen-bond donors (Lipinski definition) is 1. The van der Waals surface area contributed by atoms with Crippen LogP contribution >= 0.6 is 23.1 Å². The summed E-state index contributed by atoms with van der Waals surface area (Å²) in [5.41, 5.74) is 0.418. The number of nitrogens with zero attached hydrogens (tertiary/aromatic N) is 1. The maximum atomic E-state index is 13.0. The van der Waals surface area contributed by atoms with Crippen molar-refractivity contribution in [2.45, 2.75) is 31.2 Å². The van der Waals surface area contributed by atoms with Crippen molar-refractivity contribution in [2.75, 3.05) is 19.8 Å². The maximum absolute atomic E-state index is 13.0. The first-order chi connectivity index (χ1) is 15.5. The van der Waals surface area contributed by atoms with Crippen LogP contribution in [-0.2, 0) is 15.1 Å². The molecular formula is C23H22N2O5S2. The summed E-state index contributed by atoms with van der Waals surface area (Å²) >= 11 is 2.36. The van der Waals surface area contributed by atoms with E-state index in [1.165, 1.54) is 11.3 Å². The second-order valence-corrected chi connectivity index (χ2v) is 9.95. The molecule has 2 fully saturated rings. The second-order valence-electron chi connectivity index (χ2n) is 7.98. The Hall–Kier alpha value is -2.78. The van der Waals surface area contributed by atoms with Crippen LogP contribution in [0.3, 0.4) is 0 Å². The van der Waals surface area contributed by atoms with Gasteiger partial charge in [0.1, 0.15) is 19.8 Å². The highest BCUT2D eigenvalue weighted by Gasteiger charge is 2.41. The number of imide groups is 1. The molecule has 32 heavy (non-hydrogen) atoms. The molecule has 2 aliphatic heterocycles. The first-order valence-electron chi connectivity index (χ1n) is 10.5. The van der Waals surface area contributed by atoms with Gasteiger partial charge in [-0.05, 0) is 59.8 Å². The van der Waals surface area contributed by atoms with Crippen LogP contribution < -0.4 is 14.8 Å². The Morgan fingerprint density at radius 2 is 1.91 bits per heavy atom. The van der Waals surface area contributed by atoms with E-state index in [0.29, 0.717) is 29.6 Å². The van der Waals surface area contributed by atoms with Crippen LogP contribution in [0.5, 0.6) is 11.5 Å². The summed E-state index contributed by atoms with van der Waals surface area (Å²) in [4.78, 5) is 40.4. The SMILES string of the molecule is O=C(CN1C(=O)S/C(=C\c2cccs2)C1=O)NC1(c2ccc3c(c2)OCCO3)CCCC1. The van der Waals surface area contributed by atoms with E-state index in [1.807, 2.05) is 35.7 Å². The number of carbonyl (C=O) groups excluding carboxylic acids is 3. The lowest BCUT2D eigenvalue weighted by Gasteiger charge is -2.32. The minimum Gasteiger partial charge on any atom is -0.486 e. The summed E-state index contributed by atoms with van der Waals surface area (Å²) in [5, 5.41) is 4.62. The minimum atomic E-state index is -0.540. The van der Waals surface area contributed by atoms with Gasteiger partial charge in [-0.3, -0.25) is 19.3 Å². The van der Waals surface area contributed by atoms with Gasteiger partial charge in [0.05, 0.1) is 10.4 Å². The van der Waals surface area contributed by atoms with Crippen LogP contribution in [0.25, 0.3) is 6.08 Å². The summed E-state index contributed by atoms with van der Waals surface area (Å²) in [6.07, 6.45) is 5.25. The molecule has 9 heteroatoms. The van der Waals surface area contributed by atoms with E-state index in [0.717, 1.165) is 52.8 Å². The summed E-state index contributed by atoms with van der Waals surface area (Å²) < 4.78 is 11.3. The van der Waals surface area contributed by atoms with Crippen LogP contribution in [0, 0.1) is 0 Å². The van der Waals surface area contributed by atoms with Crippen LogP contribution in [0.2, 0.25) is 0 Å². The fourth-order valence-electron chi connectivity index (χ4n) is 4.39. The maximum Gasteiger partial charge on any atom is 0.294 e. The third-order valence-electron chi connectivity index (χ3n) is 5.92. The van der Waals surface area contributed by atoms with Gasteiger partial charge in [-0.2, -0.15) is 0 Å². The van der Waals surface area contributed by atoms with E-state index in [1.54, 1.807) is 6.08 Å². The number of hydrogen-bond acceptors (Lipinski definition) is 7. The van der Waals surface area contributed by atoms with Crippen molar-refractivity contribution in [1.29, 1.82) is 0 Å². The van der Waals surface area contributed by atoms with Crippen LogP contribution in [0.1, 0.15) is 36.1 Å². The lowest BCUT2D eigenvalue weighted by atomic mass is 9.87. The predicted molar refractivity (Wildman–Crippen MR) is 123 cm³/mol.